The van der Waals surface area contributed by atoms with Gasteiger partial charge in [0.2, 0.25) is 5.91 Å². The van der Waals surface area contributed by atoms with Crippen LogP contribution in [0.1, 0.15) is 20.3 Å². The van der Waals surface area contributed by atoms with E-state index in [2.05, 4.69) is 24.1 Å². The van der Waals surface area contributed by atoms with E-state index in [1.807, 2.05) is 0 Å². The number of hydrogen-bond acceptors (Lipinski definition) is 3. The molecule has 0 radical (unpaired) electrons. The van der Waals surface area contributed by atoms with E-state index in [-0.39, 0.29) is 17.4 Å². The zero-order chi connectivity index (χ0) is 10.8. The molecule has 1 atom stereocenters. The molecule has 0 saturated carbocycles. The minimum absolute atomic E-state index is 0.0166. The van der Waals surface area contributed by atoms with Gasteiger partial charge in [-0.3, -0.25) is 9.69 Å². The van der Waals surface area contributed by atoms with Gasteiger partial charge in [-0.15, -0.1) is 0 Å². The molecule has 0 spiro atoms. The van der Waals surface area contributed by atoms with Gasteiger partial charge in [-0.25, -0.2) is 0 Å². The topological polar surface area (TPSA) is 58.4 Å². The Balaban J connectivity index is 2.53. The van der Waals surface area contributed by atoms with Gasteiger partial charge in [0, 0.05) is 25.7 Å². The third-order valence-corrected chi connectivity index (χ3v) is 3.16. The fraction of sp³-hybridized carbons (Fsp3) is 0.900. The Labute approximate surface area is 85.8 Å². The number of nitrogens with one attached hydrogen (secondary N) is 1. The quantitative estimate of drug-likeness (QED) is 0.661. The van der Waals surface area contributed by atoms with Gasteiger partial charge in [0.25, 0.3) is 0 Å². The van der Waals surface area contributed by atoms with Crippen LogP contribution in [0.5, 0.6) is 0 Å². The molecule has 0 aromatic carbocycles. The van der Waals surface area contributed by atoms with Gasteiger partial charge >= 0.3 is 0 Å². The molecular formula is C10H21N3O. The van der Waals surface area contributed by atoms with Crippen LogP contribution in [-0.4, -0.2) is 43.0 Å². The van der Waals surface area contributed by atoms with E-state index in [1.54, 1.807) is 7.05 Å². The molecule has 14 heavy (non-hydrogen) atoms. The van der Waals surface area contributed by atoms with Crippen LogP contribution in [0.2, 0.25) is 0 Å². The Morgan fingerprint density at radius 2 is 2.29 bits per heavy atom. The summed E-state index contributed by atoms with van der Waals surface area (Å²) in [7, 11) is 1.69. The van der Waals surface area contributed by atoms with Crippen LogP contribution in [-0.2, 0) is 4.79 Å². The lowest BCUT2D eigenvalue weighted by molar-refractivity contribution is -0.124. The van der Waals surface area contributed by atoms with Crippen LogP contribution >= 0.6 is 0 Å². The lowest BCUT2D eigenvalue weighted by Crippen LogP contribution is -2.48. The molecule has 1 aliphatic heterocycles. The van der Waals surface area contributed by atoms with Crippen molar-refractivity contribution in [3.8, 4) is 0 Å². The first-order valence-electron chi connectivity index (χ1n) is 5.18. The summed E-state index contributed by atoms with van der Waals surface area (Å²) in [5.74, 6) is 0.297. The van der Waals surface area contributed by atoms with Crippen LogP contribution in [0.25, 0.3) is 0 Å². The lowest BCUT2D eigenvalue weighted by atomic mass is 10.0. The molecule has 1 amide bonds. The Kier molecular flexibility index (Phi) is 3.50. The summed E-state index contributed by atoms with van der Waals surface area (Å²) in [5.41, 5.74) is 5.71. The smallest absolute Gasteiger partial charge is 0.224 e. The van der Waals surface area contributed by atoms with Crippen molar-refractivity contribution >= 4 is 5.91 Å². The monoisotopic (exact) mass is 199 g/mol. The summed E-state index contributed by atoms with van der Waals surface area (Å²) in [4.78, 5) is 13.7. The molecule has 82 valence electrons. The minimum Gasteiger partial charge on any atom is -0.359 e. The Hall–Kier alpha value is -0.610. The number of likely N-dealkylation sites (tertiary alicyclic amines) is 1. The number of nitrogens with two attached hydrogens (primary N) is 1. The van der Waals surface area contributed by atoms with Crippen molar-refractivity contribution < 1.29 is 4.79 Å². The van der Waals surface area contributed by atoms with Gasteiger partial charge < -0.3 is 11.1 Å². The normalized spacial score (nSPS) is 23.9. The molecule has 1 aliphatic rings. The maximum Gasteiger partial charge on any atom is 0.224 e. The van der Waals surface area contributed by atoms with E-state index in [9.17, 15) is 4.79 Å². The van der Waals surface area contributed by atoms with Crippen molar-refractivity contribution in [1.29, 1.82) is 0 Å². The molecule has 4 nitrogen and oxygen atoms in total. The number of carbonyl (C=O) groups is 1. The summed E-state index contributed by atoms with van der Waals surface area (Å²) in [6.45, 7) is 6.69. The predicted octanol–water partition coefficient (Wildman–Crippen LogP) is -0.208. The third kappa shape index (κ3) is 2.25. The molecule has 1 rings (SSSR count). The highest BCUT2D eigenvalue weighted by Crippen LogP contribution is 2.23. The van der Waals surface area contributed by atoms with E-state index >= 15 is 0 Å². The summed E-state index contributed by atoms with van der Waals surface area (Å²) in [6.07, 6.45) is 0.948. The maximum atomic E-state index is 11.4. The molecule has 1 heterocycles. The second-order valence-corrected chi connectivity index (χ2v) is 4.56. The van der Waals surface area contributed by atoms with Crippen molar-refractivity contribution in [3.63, 3.8) is 0 Å². The zero-order valence-electron chi connectivity index (χ0n) is 9.34. The molecule has 0 aromatic heterocycles. The SMILES string of the molecule is CNC(=O)C1CCN(C(C)(C)CN)C1. The number of rotatable bonds is 3. The highest BCUT2D eigenvalue weighted by Gasteiger charge is 2.34. The largest absolute Gasteiger partial charge is 0.359 e. The van der Waals surface area contributed by atoms with Crippen LogP contribution in [0, 0.1) is 5.92 Å². The third-order valence-electron chi connectivity index (χ3n) is 3.16. The second kappa shape index (κ2) is 4.28. The number of carbonyl (C=O) groups excluding carboxylic acids is 1. The van der Waals surface area contributed by atoms with Crippen LogP contribution < -0.4 is 11.1 Å². The standard InChI is InChI=1S/C10H21N3O/c1-10(2,7-11)13-5-4-8(6-13)9(14)12-3/h8H,4-7,11H2,1-3H3,(H,12,14). The summed E-state index contributed by atoms with van der Waals surface area (Å²) in [5, 5.41) is 2.70. The van der Waals surface area contributed by atoms with E-state index in [0.717, 1.165) is 19.5 Å². The molecule has 1 unspecified atom stereocenters. The van der Waals surface area contributed by atoms with E-state index in [4.69, 9.17) is 5.73 Å². The van der Waals surface area contributed by atoms with E-state index in [1.165, 1.54) is 0 Å². The molecule has 3 N–H and O–H groups in total. The summed E-state index contributed by atoms with van der Waals surface area (Å²) >= 11 is 0. The zero-order valence-corrected chi connectivity index (χ0v) is 9.34. The van der Waals surface area contributed by atoms with E-state index in [0.29, 0.717) is 6.54 Å². The Morgan fingerprint density at radius 1 is 1.64 bits per heavy atom. The van der Waals surface area contributed by atoms with Crippen molar-refractivity contribution in [2.75, 3.05) is 26.7 Å². The van der Waals surface area contributed by atoms with Gasteiger partial charge in [-0.05, 0) is 26.8 Å². The summed E-state index contributed by atoms with van der Waals surface area (Å²) in [6, 6.07) is 0. The lowest BCUT2D eigenvalue weighted by Gasteiger charge is -2.34. The van der Waals surface area contributed by atoms with Gasteiger partial charge in [0.05, 0.1) is 5.92 Å². The van der Waals surface area contributed by atoms with Crippen molar-refractivity contribution in [1.82, 2.24) is 10.2 Å². The molecular weight excluding hydrogens is 178 g/mol. The molecule has 0 aromatic rings. The van der Waals surface area contributed by atoms with Gasteiger partial charge in [-0.1, -0.05) is 0 Å². The number of amides is 1. The predicted molar refractivity (Wildman–Crippen MR) is 56.9 cm³/mol. The second-order valence-electron chi connectivity index (χ2n) is 4.56. The first-order chi connectivity index (χ1) is 6.51. The Morgan fingerprint density at radius 3 is 2.79 bits per heavy atom. The minimum atomic E-state index is 0.0166. The first kappa shape index (κ1) is 11.5. The first-order valence-corrected chi connectivity index (χ1v) is 5.18. The fourth-order valence-corrected chi connectivity index (χ4v) is 1.86. The average molecular weight is 199 g/mol. The number of nitrogens with zero attached hydrogens (tertiary/aromatic N) is 1. The highest BCUT2D eigenvalue weighted by atomic mass is 16.1. The van der Waals surface area contributed by atoms with Gasteiger partial charge in [-0.2, -0.15) is 0 Å². The molecule has 1 fully saturated rings. The van der Waals surface area contributed by atoms with Crippen LogP contribution in [0.15, 0.2) is 0 Å². The molecule has 0 bridgehead atoms. The van der Waals surface area contributed by atoms with Crippen molar-refractivity contribution in [2.45, 2.75) is 25.8 Å². The number of hydrogen-bond donors (Lipinski definition) is 2. The molecule has 1 saturated heterocycles. The fourth-order valence-electron chi connectivity index (χ4n) is 1.86. The van der Waals surface area contributed by atoms with E-state index < -0.39 is 0 Å². The Bertz CT molecular complexity index is 215. The van der Waals surface area contributed by atoms with Crippen LogP contribution in [0.3, 0.4) is 0 Å². The maximum absolute atomic E-state index is 11.4. The molecule has 0 aliphatic carbocycles. The highest BCUT2D eigenvalue weighted by molar-refractivity contribution is 5.78. The van der Waals surface area contributed by atoms with Gasteiger partial charge in [0.1, 0.15) is 0 Å². The molecule has 4 heteroatoms. The van der Waals surface area contributed by atoms with Gasteiger partial charge in [0.15, 0.2) is 0 Å². The summed E-state index contributed by atoms with van der Waals surface area (Å²) < 4.78 is 0. The van der Waals surface area contributed by atoms with Crippen molar-refractivity contribution in [3.05, 3.63) is 0 Å². The average Bonchev–Trinajstić information content (AvgIpc) is 2.66. The van der Waals surface area contributed by atoms with Crippen molar-refractivity contribution in [2.24, 2.45) is 11.7 Å². The van der Waals surface area contributed by atoms with Crippen LogP contribution in [0.4, 0.5) is 0 Å².